The smallest absolute Gasteiger partial charge is 0.321 e. The normalized spacial score (nSPS) is 18.0. The molecule has 0 radical (unpaired) electrons. The summed E-state index contributed by atoms with van der Waals surface area (Å²) in [5, 5.41) is 12.6. The van der Waals surface area contributed by atoms with Crippen LogP contribution in [0.5, 0.6) is 0 Å². The van der Waals surface area contributed by atoms with Gasteiger partial charge in [0, 0.05) is 56.9 Å². The van der Waals surface area contributed by atoms with Crippen molar-refractivity contribution in [1.82, 2.24) is 15.5 Å². The molecular weight excluding hydrogens is 404 g/mol. The number of hydrogen-bond donors (Lipinski definition) is 4. The van der Waals surface area contributed by atoms with Crippen molar-refractivity contribution in [2.45, 2.75) is 31.7 Å². The van der Waals surface area contributed by atoms with Gasteiger partial charge in [-0.25, -0.2) is 4.79 Å². The van der Waals surface area contributed by atoms with E-state index in [2.05, 4.69) is 32.3 Å². The summed E-state index contributed by atoms with van der Waals surface area (Å²) in [5.41, 5.74) is 3.84. The molecule has 3 amide bonds. The number of nitrogens with zero attached hydrogens (tertiary/aromatic N) is 2. The van der Waals surface area contributed by atoms with Gasteiger partial charge in [0.25, 0.3) is 0 Å². The van der Waals surface area contributed by atoms with Crippen LogP contribution in [0.1, 0.15) is 36.3 Å². The van der Waals surface area contributed by atoms with Gasteiger partial charge in [-0.15, -0.1) is 0 Å². The van der Waals surface area contributed by atoms with Crippen LogP contribution >= 0.6 is 0 Å². The molecule has 2 aliphatic heterocycles. The van der Waals surface area contributed by atoms with Gasteiger partial charge in [0.2, 0.25) is 5.91 Å². The van der Waals surface area contributed by atoms with Crippen molar-refractivity contribution in [1.29, 1.82) is 0 Å². The fraction of sp³-hybridized carbons (Fsp3) is 0.375. The Balaban J connectivity index is 1.30. The standard InChI is InChI=1S/C24H30N6O2/c1-25-23(27-16-18-14-22(31)29-21-10-3-2-9-20(18)21)26-15-17-7-6-8-19(13-17)28-24(32)30-11-4-5-12-30/h2-3,6-10,13,18H,4-5,11-12,14-16H2,1H3,(H,28,32)(H,29,31)(H2,25,26,27). The van der Waals surface area contributed by atoms with Crippen molar-refractivity contribution in [3.8, 4) is 0 Å². The minimum Gasteiger partial charge on any atom is -0.356 e. The van der Waals surface area contributed by atoms with E-state index in [1.54, 1.807) is 7.05 Å². The van der Waals surface area contributed by atoms with E-state index in [1.165, 1.54) is 0 Å². The van der Waals surface area contributed by atoms with Gasteiger partial charge in [-0.05, 0) is 42.2 Å². The number of carbonyl (C=O) groups excluding carboxylic acids is 2. The van der Waals surface area contributed by atoms with E-state index in [-0.39, 0.29) is 17.9 Å². The van der Waals surface area contributed by atoms with E-state index >= 15 is 0 Å². The number of amides is 3. The Labute approximate surface area is 188 Å². The number of likely N-dealkylation sites (tertiary alicyclic amines) is 1. The van der Waals surface area contributed by atoms with E-state index in [9.17, 15) is 9.59 Å². The number of guanidine groups is 1. The van der Waals surface area contributed by atoms with Crippen molar-refractivity contribution < 1.29 is 9.59 Å². The molecule has 0 bridgehead atoms. The van der Waals surface area contributed by atoms with Crippen LogP contribution in [-0.2, 0) is 11.3 Å². The monoisotopic (exact) mass is 434 g/mol. The van der Waals surface area contributed by atoms with Crippen LogP contribution in [0.15, 0.2) is 53.5 Å². The molecule has 168 valence electrons. The van der Waals surface area contributed by atoms with E-state index in [4.69, 9.17) is 0 Å². The summed E-state index contributed by atoms with van der Waals surface area (Å²) in [6.45, 7) is 2.81. The highest BCUT2D eigenvalue weighted by Gasteiger charge is 2.24. The van der Waals surface area contributed by atoms with Crippen molar-refractivity contribution in [2.24, 2.45) is 4.99 Å². The van der Waals surface area contributed by atoms with Crippen LogP contribution < -0.4 is 21.3 Å². The third-order valence-corrected chi connectivity index (χ3v) is 5.88. The van der Waals surface area contributed by atoms with Crippen LogP contribution in [-0.4, -0.2) is 49.5 Å². The first kappa shape index (κ1) is 21.7. The first-order valence-corrected chi connectivity index (χ1v) is 11.1. The number of hydrogen-bond acceptors (Lipinski definition) is 3. The molecule has 2 aromatic rings. The number of benzene rings is 2. The number of carbonyl (C=O) groups is 2. The van der Waals surface area contributed by atoms with Crippen LogP contribution in [0.4, 0.5) is 16.2 Å². The van der Waals surface area contributed by atoms with Crippen molar-refractivity contribution in [3.05, 3.63) is 59.7 Å². The SMILES string of the molecule is CN=C(NCc1cccc(NC(=O)N2CCCC2)c1)NCC1CC(=O)Nc2ccccc21. The maximum Gasteiger partial charge on any atom is 0.321 e. The molecule has 4 rings (SSSR count). The van der Waals surface area contributed by atoms with Crippen molar-refractivity contribution in [2.75, 3.05) is 37.3 Å². The predicted octanol–water partition coefficient (Wildman–Crippen LogP) is 3.11. The molecular formula is C24H30N6O2. The topological polar surface area (TPSA) is 97.9 Å². The van der Waals surface area contributed by atoms with Gasteiger partial charge < -0.3 is 26.2 Å². The lowest BCUT2D eigenvalue weighted by molar-refractivity contribution is -0.116. The molecule has 0 spiro atoms. The molecule has 1 atom stereocenters. The number of rotatable bonds is 5. The molecule has 2 aromatic carbocycles. The Morgan fingerprint density at radius 2 is 1.94 bits per heavy atom. The Hall–Kier alpha value is -3.55. The minimum absolute atomic E-state index is 0.0336. The number of para-hydroxylation sites is 1. The lowest BCUT2D eigenvalue weighted by Gasteiger charge is -2.26. The van der Waals surface area contributed by atoms with E-state index in [0.717, 1.165) is 48.4 Å². The molecule has 1 unspecified atom stereocenters. The highest BCUT2D eigenvalue weighted by atomic mass is 16.2. The molecule has 32 heavy (non-hydrogen) atoms. The van der Waals surface area contributed by atoms with Gasteiger partial charge in [-0.1, -0.05) is 30.3 Å². The molecule has 8 heteroatoms. The molecule has 2 heterocycles. The second kappa shape index (κ2) is 10.2. The fourth-order valence-electron chi connectivity index (χ4n) is 4.19. The van der Waals surface area contributed by atoms with Crippen LogP contribution in [0.2, 0.25) is 0 Å². The molecule has 8 nitrogen and oxygen atoms in total. The Morgan fingerprint density at radius 3 is 2.75 bits per heavy atom. The quantitative estimate of drug-likeness (QED) is 0.429. The van der Waals surface area contributed by atoms with Gasteiger partial charge >= 0.3 is 6.03 Å². The van der Waals surface area contributed by atoms with Crippen LogP contribution in [0.25, 0.3) is 0 Å². The summed E-state index contributed by atoms with van der Waals surface area (Å²) in [7, 11) is 1.73. The highest BCUT2D eigenvalue weighted by Crippen LogP contribution is 2.31. The average molecular weight is 435 g/mol. The number of urea groups is 1. The first-order chi connectivity index (χ1) is 15.6. The van der Waals surface area contributed by atoms with Crippen molar-refractivity contribution >= 4 is 29.3 Å². The highest BCUT2D eigenvalue weighted by molar-refractivity contribution is 5.95. The third-order valence-electron chi connectivity index (χ3n) is 5.88. The van der Waals surface area contributed by atoms with E-state index in [1.807, 2.05) is 47.4 Å². The van der Waals surface area contributed by atoms with Gasteiger partial charge in [0.1, 0.15) is 0 Å². The average Bonchev–Trinajstić information content (AvgIpc) is 3.34. The van der Waals surface area contributed by atoms with E-state index < -0.39 is 0 Å². The Kier molecular flexibility index (Phi) is 6.89. The van der Waals surface area contributed by atoms with Gasteiger partial charge in [0.15, 0.2) is 5.96 Å². The molecule has 1 saturated heterocycles. The molecule has 0 aromatic heterocycles. The first-order valence-electron chi connectivity index (χ1n) is 11.1. The van der Waals surface area contributed by atoms with Gasteiger partial charge in [-0.2, -0.15) is 0 Å². The predicted molar refractivity (Wildman–Crippen MR) is 127 cm³/mol. The number of aliphatic imine (C=N–C) groups is 1. The summed E-state index contributed by atoms with van der Waals surface area (Å²) >= 11 is 0. The maximum atomic E-state index is 12.3. The summed E-state index contributed by atoms with van der Waals surface area (Å²) in [6, 6.07) is 15.7. The zero-order valence-electron chi connectivity index (χ0n) is 18.4. The number of nitrogens with one attached hydrogen (secondary N) is 4. The number of anilines is 2. The van der Waals surface area contributed by atoms with Crippen LogP contribution in [0.3, 0.4) is 0 Å². The molecule has 1 fully saturated rings. The van der Waals surface area contributed by atoms with Gasteiger partial charge in [-0.3, -0.25) is 9.79 Å². The fourth-order valence-corrected chi connectivity index (χ4v) is 4.19. The van der Waals surface area contributed by atoms with Crippen molar-refractivity contribution in [3.63, 3.8) is 0 Å². The van der Waals surface area contributed by atoms with Crippen LogP contribution in [0, 0.1) is 0 Å². The largest absolute Gasteiger partial charge is 0.356 e. The summed E-state index contributed by atoms with van der Waals surface area (Å²) in [5.74, 6) is 0.786. The minimum atomic E-state index is -0.0399. The molecule has 0 aliphatic carbocycles. The second-order valence-electron chi connectivity index (χ2n) is 8.17. The number of fused-ring (bicyclic) bond motifs is 1. The Morgan fingerprint density at radius 1 is 1.12 bits per heavy atom. The Bertz CT molecular complexity index is 999. The summed E-state index contributed by atoms with van der Waals surface area (Å²) < 4.78 is 0. The second-order valence-corrected chi connectivity index (χ2v) is 8.17. The lowest BCUT2D eigenvalue weighted by atomic mass is 9.90. The van der Waals surface area contributed by atoms with Gasteiger partial charge in [0.05, 0.1) is 0 Å². The summed E-state index contributed by atoms with van der Waals surface area (Å²) in [4.78, 5) is 30.5. The molecule has 0 saturated carbocycles. The molecule has 4 N–H and O–H groups in total. The van der Waals surface area contributed by atoms with E-state index in [0.29, 0.717) is 25.5 Å². The maximum absolute atomic E-state index is 12.3. The summed E-state index contributed by atoms with van der Waals surface area (Å²) in [6.07, 6.45) is 2.58. The molecule has 2 aliphatic rings. The zero-order valence-corrected chi connectivity index (χ0v) is 18.4. The third kappa shape index (κ3) is 5.38. The lowest BCUT2D eigenvalue weighted by Crippen LogP contribution is -2.40. The zero-order chi connectivity index (χ0) is 22.3.